The second kappa shape index (κ2) is 8.09. The summed E-state index contributed by atoms with van der Waals surface area (Å²) in [5.41, 5.74) is 1.06. The lowest BCUT2D eigenvalue weighted by Crippen LogP contribution is -2.26. The van der Waals surface area contributed by atoms with Crippen molar-refractivity contribution in [1.29, 1.82) is 0 Å². The van der Waals surface area contributed by atoms with Crippen LogP contribution in [0.25, 0.3) is 0 Å². The lowest BCUT2D eigenvalue weighted by Gasteiger charge is -2.15. The average Bonchev–Trinajstić information content (AvgIpc) is 2.55. The molecule has 25 heavy (non-hydrogen) atoms. The van der Waals surface area contributed by atoms with Crippen LogP contribution in [0.1, 0.15) is 25.5 Å². The molecule has 134 valence electrons. The van der Waals surface area contributed by atoms with Crippen LogP contribution in [-0.4, -0.2) is 21.1 Å². The lowest BCUT2D eigenvalue weighted by molar-refractivity contribution is 0.168. The zero-order chi connectivity index (χ0) is 18.4. The van der Waals surface area contributed by atoms with E-state index in [2.05, 4.69) is 10.0 Å². The first-order chi connectivity index (χ1) is 11.8. The Morgan fingerprint density at radius 1 is 1.12 bits per heavy atom. The summed E-state index contributed by atoms with van der Waals surface area (Å²) in [6, 6.07) is 10.8. The first-order valence-corrected chi connectivity index (χ1v) is 9.12. The Balaban J connectivity index is 2.08. The van der Waals surface area contributed by atoms with Crippen molar-refractivity contribution < 1.29 is 22.3 Å². The highest BCUT2D eigenvalue weighted by atomic mass is 32.2. The molecule has 0 unspecified atom stereocenters. The second-order valence-electron chi connectivity index (χ2n) is 5.26. The summed E-state index contributed by atoms with van der Waals surface area (Å²) in [7, 11) is -3.76. The number of nitrogens with one attached hydrogen (secondary N) is 2. The molecule has 8 heteroatoms. The maximum atomic E-state index is 13.0. The van der Waals surface area contributed by atoms with Gasteiger partial charge in [0.15, 0.2) is 0 Å². The zero-order valence-corrected chi connectivity index (χ0v) is 14.6. The van der Waals surface area contributed by atoms with E-state index in [0.29, 0.717) is 11.3 Å². The zero-order valence-electron chi connectivity index (χ0n) is 13.8. The summed E-state index contributed by atoms with van der Waals surface area (Å²) in [4.78, 5) is 11.4. The van der Waals surface area contributed by atoms with Gasteiger partial charge in [-0.1, -0.05) is 12.1 Å². The van der Waals surface area contributed by atoms with Crippen LogP contribution >= 0.6 is 0 Å². The molecule has 2 N–H and O–H groups in total. The van der Waals surface area contributed by atoms with Gasteiger partial charge in [-0.25, -0.2) is 22.3 Å². The Hall–Kier alpha value is -2.45. The average molecular weight is 366 g/mol. The van der Waals surface area contributed by atoms with E-state index >= 15 is 0 Å². The van der Waals surface area contributed by atoms with E-state index < -0.39 is 22.2 Å². The van der Waals surface area contributed by atoms with Crippen molar-refractivity contribution in [3.05, 3.63) is 59.9 Å². The quantitative estimate of drug-likeness (QED) is 0.820. The van der Waals surface area contributed by atoms with Crippen molar-refractivity contribution in [2.45, 2.75) is 24.8 Å². The Morgan fingerprint density at radius 3 is 2.28 bits per heavy atom. The Labute approximate surface area is 146 Å². The molecule has 1 atom stereocenters. The maximum Gasteiger partial charge on any atom is 0.411 e. The van der Waals surface area contributed by atoms with Gasteiger partial charge in [0.25, 0.3) is 0 Å². The van der Waals surface area contributed by atoms with Gasteiger partial charge in [-0.15, -0.1) is 0 Å². The predicted molar refractivity (Wildman–Crippen MR) is 92.2 cm³/mol. The third kappa shape index (κ3) is 5.27. The minimum absolute atomic E-state index is 0.0517. The van der Waals surface area contributed by atoms with Crippen LogP contribution in [0.5, 0.6) is 0 Å². The molecular weight excluding hydrogens is 347 g/mol. The molecule has 0 aliphatic rings. The molecule has 0 spiro atoms. The second-order valence-corrected chi connectivity index (χ2v) is 6.98. The molecule has 0 aliphatic carbocycles. The summed E-state index contributed by atoms with van der Waals surface area (Å²) >= 11 is 0. The monoisotopic (exact) mass is 366 g/mol. The van der Waals surface area contributed by atoms with E-state index in [1.807, 2.05) is 0 Å². The van der Waals surface area contributed by atoms with Crippen molar-refractivity contribution in [3.8, 4) is 0 Å². The van der Waals surface area contributed by atoms with Crippen molar-refractivity contribution in [2.24, 2.45) is 0 Å². The highest BCUT2D eigenvalue weighted by Crippen LogP contribution is 2.19. The van der Waals surface area contributed by atoms with Crippen LogP contribution in [0.2, 0.25) is 0 Å². The fourth-order valence-electron chi connectivity index (χ4n) is 2.12. The number of halogens is 1. The van der Waals surface area contributed by atoms with E-state index in [1.54, 1.807) is 13.8 Å². The summed E-state index contributed by atoms with van der Waals surface area (Å²) in [5.74, 6) is -0.386. The van der Waals surface area contributed by atoms with Crippen LogP contribution in [0.15, 0.2) is 53.4 Å². The van der Waals surface area contributed by atoms with E-state index in [9.17, 15) is 17.6 Å². The van der Waals surface area contributed by atoms with Crippen molar-refractivity contribution in [1.82, 2.24) is 4.72 Å². The molecule has 0 heterocycles. The molecule has 2 aromatic rings. The van der Waals surface area contributed by atoms with Crippen LogP contribution in [0, 0.1) is 5.82 Å². The summed E-state index contributed by atoms with van der Waals surface area (Å²) in [5, 5.41) is 2.48. The predicted octanol–water partition coefficient (Wildman–Crippen LogP) is 3.43. The molecular formula is C17H19FN2O4S. The van der Waals surface area contributed by atoms with Crippen molar-refractivity contribution >= 4 is 21.8 Å². The number of sulfonamides is 1. The lowest BCUT2D eigenvalue weighted by atomic mass is 10.1. The smallest absolute Gasteiger partial charge is 0.411 e. The number of hydrogen-bond acceptors (Lipinski definition) is 4. The third-order valence-electron chi connectivity index (χ3n) is 3.39. The molecule has 0 saturated heterocycles. The van der Waals surface area contributed by atoms with Gasteiger partial charge in [0.2, 0.25) is 10.0 Å². The fourth-order valence-corrected chi connectivity index (χ4v) is 3.35. The highest BCUT2D eigenvalue weighted by Gasteiger charge is 2.18. The van der Waals surface area contributed by atoms with Crippen molar-refractivity contribution in [3.63, 3.8) is 0 Å². The third-order valence-corrected chi connectivity index (χ3v) is 4.95. The van der Waals surface area contributed by atoms with E-state index in [0.717, 1.165) is 0 Å². The number of carbonyl (C=O) groups is 1. The molecule has 2 aromatic carbocycles. The van der Waals surface area contributed by atoms with E-state index in [4.69, 9.17) is 4.74 Å². The number of benzene rings is 2. The van der Waals surface area contributed by atoms with Gasteiger partial charge in [-0.3, -0.25) is 5.32 Å². The molecule has 1 amide bonds. The normalized spacial score (nSPS) is 12.4. The number of hydrogen-bond donors (Lipinski definition) is 2. The molecule has 0 radical (unpaired) electrons. The fraction of sp³-hybridized carbons (Fsp3) is 0.235. The van der Waals surface area contributed by atoms with Gasteiger partial charge < -0.3 is 4.74 Å². The molecule has 2 rings (SSSR count). The minimum atomic E-state index is -3.76. The number of carbonyl (C=O) groups excluding carboxylic acids is 1. The van der Waals surface area contributed by atoms with Crippen molar-refractivity contribution in [2.75, 3.05) is 11.9 Å². The highest BCUT2D eigenvalue weighted by molar-refractivity contribution is 7.89. The minimum Gasteiger partial charge on any atom is -0.450 e. The first-order valence-electron chi connectivity index (χ1n) is 7.63. The van der Waals surface area contributed by atoms with Gasteiger partial charge in [0.05, 0.1) is 11.5 Å². The molecule has 0 saturated carbocycles. The van der Waals surface area contributed by atoms with Gasteiger partial charge >= 0.3 is 6.09 Å². The SMILES string of the molecule is CCOC(=O)Nc1ccc(S(=O)(=O)N[C@H](C)c2ccc(F)cc2)cc1. The molecule has 6 nitrogen and oxygen atoms in total. The van der Waals surface area contributed by atoms with E-state index in [1.165, 1.54) is 48.5 Å². The van der Waals surface area contributed by atoms with Crippen LogP contribution in [0.3, 0.4) is 0 Å². The number of amides is 1. The Bertz CT molecular complexity index is 821. The Kier molecular flexibility index (Phi) is 6.11. The number of rotatable bonds is 6. The number of ether oxygens (including phenoxy) is 1. The maximum absolute atomic E-state index is 13.0. The first kappa shape index (κ1) is 18.9. The topological polar surface area (TPSA) is 84.5 Å². The van der Waals surface area contributed by atoms with Gasteiger partial charge in [-0.05, 0) is 55.8 Å². The van der Waals surface area contributed by atoms with Gasteiger partial charge in [-0.2, -0.15) is 0 Å². The molecule has 0 bridgehead atoms. The van der Waals surface area contributed by atoms with Crippen LogP contribution < -0.4 is 10.0 Å². The molecule has 0 fully saturated rings. The molecule has 0 aromatic heterocycles. The van der Waals surface area contributed by atoms with E-state index in [-0.39, 0.29) is 17.3 Å². The summed E-state index contributed by atoms with van der Waals surface area (Å²) in [6.45, 7) is 3.59. The van der Waals surface area contributed by atoms with Gasteiger partial charge in [0, 0.05) is 11.7 Å². The van der Waals surface area contributed by atoms with Crippen LogP contribution in [0.4, 0.5) is 14.9 Å². The number of anilines is 1. The molecule has 0 aliphatic heterocycles. The standard InChI is InChI=1S/C17H19FN2O4S/c1-3-24-17(21)19-15-8-10-16(11-9-15)25(22,23)20-12(2)13-4-6-14(18)7-5-13/h4-12,20H,3H2,1-2H3,(H,19,21)/t12-/m1/s1. The largest absolute Gasteiger partial charge is 0.450 e. The van der Waals surface area contributed by atoms with Crippen LogP contribution in [-0.2, 0) is 14.8 Å². The van der Waals surface area contributed by atoms with Gasteiger partial charge in [0.1, 0.15) is 5.82 Å². The Morgan fingerprint density at radius 2 is 1.72 bits per heavy atom. The summed E-state index contributed by atoms with van der Waals surface area (Å²) in [6.07, 6.45) is -0.610. The summed E-state index contributed by atoms with van der Waals surface area (Å²) < 4.78 is 45.1.